The summed E-state index contributed by atoms with van der Waals surface area (Å²) in [4.78, 5) is 2.04. The molecular formula is C26H28N2. The van der Waals surface area contributed by atoms with E-state index in [2.05, 4.69) is 68.5 Å². The monoisotopic (exact) mass is 368 g/mol. The van der Waals surface area contributed by atoms with E-state index in [4.69, 9.17) is 12.2 Å². The van der Waals surface area contributed by atoms with Gasteiger partial charge in [-0.05, 0) is 55.6 Å². The van der Waals surface area contributed by atoms with Crippen LogP contribution in [0.25, 0.3) is 5.57 Å². The van der Waals surface area contributed by atoms with Gasteiger partial charge in [0.15, 0.2) is 0 Å². The van der Waals surface area contributed by atoms with E-state index in [1.165, 1.54) is 22.3 Å². The van der Waals surface area contributed by atoms with Crippen LogP contribution in [0.4, 0.5) is 0 Å². The highest BCUT2D eigenvalue weighted by molar-refractivity contribution is 5.74. The minimum Gasteiger partial charge on any atom is -0.339 e. The molecule has 2 aliphatic rings. The second-order valence-electron chi connectivity index (χ2n) is 7.66. The molecule has 1 aromatic rings. The van der Waals surface area contributed by atoms with E-state index in [0.29, 0.717) is 6.54 Å². The predicted octanol–water partition coefficient (Wildman–Crippen LogP) is 5.27. The Morgan fingerprint density at radius 1 is 1.18 bits per heavy atom. The molecule has 1 atom stereocenters. The molecule has 0 spiro atoms. The Hall–Kier alpha value is -3.02. The second-order valence-corrected chi connectivity index (χ2v) is 7.66. The molecule has 1 aliphatic carbocycles. The molecule has 0 saturated carbocycles. The highest BCUT2D eigenvalue weighted by Gasteiger charge is 2.27. The third-order valence-electron chi connectivity index (χ3n) is 5.29. The molecule has 1 heterocycles. The zero-order valence-electron chi connectivity index (χ0n) is 17.0. The van der Waals surface area contributed by atoms with Crippen molar-refractivity contribution in [1.82, 2.24) is 4.90 Å². The number of terminal acetylenes is 1. The summed E-state index contributed by atoms with van der Waals surface area (Å²) in [5.41, 5.74) is 15.8. The van der Waals surface area contributed by atoms with Gasteiger partial charge in [0.2, 0.25) is 0 Å². The highest BCUT2D eigenvalue weighted by Crippen LogP contribution is 2.38. The minimum absolute atomic E-state index is 0.00677. The van der Waals surface area contributed by atoms with Gasteiger partial charge >= 0.3 is 0 Å². The summed E-state index contributed by atoms with van der Waals surface area (Å²) in [6.45, 7) is 15.3. The van der Waals surface area contributed by atoms with Gasteiger partial charge in [0.25, 0.3) is 0 Å². The van der Waals surface area contributed by atoms with E-state index < -0.39 is 0 Å². The van der Waals surface area contributed by atoms with Crippen LogP contribution in [-0.2, 0) is 0 Å². The largest absolute Gasteiger partial charge is 0.339 e. The van der Waals surface area contributed by atoms with Crippen molar-refractivity contribution in [3.05, 3.63) is 100 Å². The van der Waals surface area contributed by atoms with Gasteiger partial charge in [0, 0.05) is 29.6 Å². The van der Waals surface area contributed by atoms with Crippen molar-refractivity contribution in [2.75, 3.05) is 6.54 Å². The average Bonchev–Trinajstić information content (AvgIpc) is 3.12. The van der Waals surface area contributed by atoms with Crippen molar-refractivity contribution in [3.63, 3.8) is 0 Å². The zero-order chi connectivity index (χ0) is 20.4. The number of nitrogens with zero attached hydrogens (tertiary/aromatic N) is 1. The quantitative estimate of drug-likeness (QED) is 0.733. The van der Waals surface area contributed by atoms with Crippen LogP contribution < -0.4 is 5.73 Å². The second kappa shape index (κ2) is 7.92. The van der Waals surface area contributed by atoms with Gasteiger partial charge in [-0.3, -0.25) is 0 Å². The minimum atomic E-state index is -0.00677. The van der Waals surface area contributed by atoms with E-state index in [0.717, 1.165) is 34.5 Å². The van der Waals surface area contributed by atoms with Crippen LogP contribution in [0, 0.1) is 19.3 Å². The average molecular weight is 369 g/mol. The summed E-state index contributed by atoms with van der Waals surface area (Å²) in [6, 6.07) is 8.66. The first kappa shape index (κ1) is 19.7. The Bertz CT molecular complexity index is 986. The van der Waals surface area contributed by atoms with Crippen LogP contribution in [0.15, 0.2) is 89.3 Å². The van der Waals surface area contributed by atoms with E-state index >= 15 is 0 Å². The van der Waals surface area contributed by atoms with Crippen LogP contribution in [0.1, 0.15) is 31.4 Å². The Kier molecular flexibility index (Phi) is 5.58. The lowest BCUT2D eigenvalue weighted by Gasteiger charge is -2.36. The molecule has 0 fully saturated rings. The maximum Gasteiger partial charge on any atom is 0.0509 e. The van der Waals surface area contributed by atoms with E-state index in [9.17, 15) is 0 Å². The molecule has 28 heavy (non-hydrogen) atoms. The van der Waals surface area contributed by atoms with E-state index in [-0.39, 0.29) is 6.04 Å². The van der Waals surface area contributed by atoms with Gasteiger partial charge in [-0.2, -0.15) is 0 Å². The van der Waals surface area contributed by atoms with Gasteiger partial charge in [-0.15, -0.1) is 6.42 Å². The molecule has 2 N–H and O–H groups in total. The number of rotatable bonds is 4. The topological polar surface area (TPSA) is 29.3 Å². The van der Waals surface area contributed by atoms with Gasteiger partial charge in [0.1, 0.15) is 0 Å². The van der Waals surface area contributed by atoms with E-state index in [1.807, 2.05) is 18.7 Å². The normalized spacial score (nSPS) is 19.7. The van der Waals surface area contributed by atoms with Crippen LogP contribution in [-0.4, -0.2) is 17.5 Å². The molecule has 0 radical (unpaired) electrons. The Morgan fingerprint density at radius 2 is 1.86 bits per heavy atom. The lowest BCUT2D eigenvalue weighted by atomic mass is 9.89. The van der Waals surface area contributed by atoms with Crippen molar-refractivity contribution < 1.29 is 0 Å². The molecule has 3 rings (SSSR count). The summed E-state index contributed by atoms with van der Waals surface area (Å²) in [5, 5.41) is 0. The smallest absolute Gasteiger partial charge is 0.0509 e. The third kappa shape index (κ3) is 3.81. The summed E-state index contributed by atoms with van der Waals surface area (Å²) in [7, 11) is 0. The van der Waals surface area contributed by atoms with Crippen LogP contribution in [0.5, 0.6) is 0 Å². The number of hydrogen-bond donors (Lipinski definition) is 1. The molecule has 2 heteroatoms. The first-order chi connectivity index (χ1) is 13.3. The lowest BCUT2D eigenvalue weighted by molar-refractivity contribution is 0.410. The number of aryl methyl sites for hydroxylation is 1. The maximum absolute atomic E-state index is 6.04. The molecule has 0 bridgehead atoms. The molecular weight excluding hydrogens is 340 g/mol. The van der Waals surface area contributed by atoms with Gasteiger partial charge in [-0.1, -0.05) is 61.1 Å². The zero-order valence-corrected chi connectivity index (χ0v) is 17.0. The first-order valence-corrected chi connectivity index (χ1v) is 9.59. The molecule has 0 amide bonds. The van der Waals surface area contributed by atoms with Crippen molar-refractivity contribution in [3.8, 4) is 12.3 Å². The molecule has 1 aromatic carbocycles. The Balaban J connectivity index is 1.89. The summed E-state index contributed by atoms with van der Waals surface area (Å²) in [5.74, 6) is 2.81. The standard InChI is InChI=1S/C26H28N2/c1-7-25-19(4)26(21(6)28(20(25)5)16-18(3)27)15-22-10-13-24(14-22)23-11-8-17(2)9-12-23/h1,8-13,15,18H,5-6,14,16,27H2,2-4H3/b26-15+. The number of allylic oxidation sites excluding steroid dienone is 7. The summed E-state index contributed by atoms with van der Waals surface area (Å²) < 4.78 is 0. The molecule has 0 aromatic heterocycles. The Labute approximate surface area is 169 Å². The maximum atomic E-state index is 6.04. The Morgan fingerprint density at radius 3 is 2.46 bits per heavy atom. The van der Waals surface area contributed by atoms with Crippen molar-refractivity contribution >= 4 is 5.57 Å². The SMILES string of the molecule is C#CC1=C(C)/C(=C\C2=CC=C(c3ccc(C)cc3)C2)C(=C)N(CC(C)N)C1=C. The lowest BCUT2D eigenvalue weighted by Crippen LogP contribution is -2.37. The van der Waals surface area contributed by atoms with Crippen LogP contribution in [0.2, 0.25) is 0 Å². The molecule has 142 valence electrons. The molecule has 1 aliphatic heterocycles. The van der Waals surface area contributed by atoms with Crippen molar-refractivity contribution in [2.24, 2.45) is 5.73 Å². The van der Waals surface area contributed by atoms with Gasteiger partial charge in [-0.25, -0.2) is 0 Å². The van der Waals surface area contributed by atoms with Gasteiger partial charge in [0.05, 0.1) is 5.57 Å². The van der Waals surface area contributed by atoms with Gasteiger partial charge < -0.3 is 10.6 Å². The molecule has 1 unspecified atom stereocenters. The van der Waals surface area contributed by atoms with Crippen molar-refractivity contribution in [2.45, 2.75) is 33.2 Å². The number of hydrogen-bond acceptors (Lipinski definition) is 2. The first-order valence-electron chi connectivity index (χ1n) is 9.59. The molecule has 2 nitrogen and oxygen atoms in total. The number of benzene rings is 1. The summed E-state index contributed by atoms with van der Waals surface area (Å²) in [6.07, 6.45) is 13.3. The summed E-state index contributed by atoms with van der Waals surface area (Å²) >= 11 is 0. The fraction of sp³-hybridized carbons (Fsp3) is 0.231. The third-order valence-corrected chi connectivity index (χ3v) is 5.29. The van der Waals surface area contributed by atoms with E-state index in [1.54, 1.807) is 0 Å². The molecule has 0 saturated heterocycles. The predicted molar refractivity (Wildman–Crippen MR) is 120 cm³/mol. The number of nitrogens with two attached hydrogens (primary N) is 1. The van der Waals surface area contributed by atoms with Crippen LogP contribution >= 0.6 is 0 Å². The van der Waals surface area contributed by atoms with Crippen LogP contribution in [0.3, 0.4) is 0 Å². The fourth-order valence-electron chi connectivity index (χ4n) is 3.70. The highest BCUT2D eigenvalue weighted by atomic mass is 15.2. The fourth-order valence-corrected chi connectivity index (χ4v) is 3.70. The van der Waals surface area contributed by atoms with Crippen molar-refractivity contribution in [1.29, 1.82) is 0 Å².